The van der Waals surface area contributed by atoms with Gasteiger partial charge in [0.25, 0.3) is 0 Å². The summed E-state index contributed by atoms with van der Waals surface area (Å²) in [5.41, 5.74) is 4.21. The summed E-state index contributed by atoms with van der Waals surface area (Å²) in [6, 6.07) is 8.16. The standard InChI is InChI=1S/C25H28F3N3O4S/c1-4-7-19(23(30)32)31(24(15-29)12-13-24)22(25(26,27)28)18-9-6-5-8-17(18)16-10-11-20(35-2)21(14-16)36(3,33)34/h5-6,8-11,14,19,22H,4,7,12-13H2,1-3H3,(H2,30,32)/t19-,22-/m0/s1. The maximum absolute atomic E-state index is 14.9. The Labute approximate surface area is 208 Å². The van der Waals surface area contributed by atoms with E-state index < -0.39 is 39.5 Å². The summed E-state index contributed by atoms with van der Waals surface area (Å²) in [5, 5.41) is 9.87. The Morgan fingerprint density at radius 2 is 1.89 bits per heavy atom. The Balaban J connectivity index is 2.31. The molecule has 3 rings (SSSR count). The van der Waals surface area contributed by atoms with E-state index in [4.69, 9.17) is 10.5 Å². The van der Waals surface area contributed by atoms with E-state index in [1.807, 2.05) is 6.07 Å². The third kappa shape index (κ3) is 5.34. The lowest BCUT2D eigenvalue weighted by atomic mass is 9.90. The van der Waals surface area contributed by atoms with Gasteiger partial charge in [0.2, 0.25) is 5.91 Å². The van der Waals surface area contributed by atoms with Crippen LogP contribution >= 0.6 is 0 Å². The van der Waals surface area contributed by atoms with Crippen LogP contribution in [-0.2, 0) is 14.6 Å². The zero-order chi connectivity index (χ0) is 26.9. The highest BCUT2D eigenvalue weighted by Gasteiger charge is 2.60. The zero-order valence-electron chi connectivity index (χ0n) is 20.2. The SMILES string of the molecule is CCC[C@@H](C(N)=O)N([C@@H](c1ccccc1-c1ccc(OC)c(S(C)(=O)=O)c1)C(F)(F)F)C1(C#N)CC1. The molecular weight excluding hydrogens is 495 g/mol. The number of methoxy groups -OCH3 is 1. The number of primary amides is 1. The summed E-state index contributed by atoms with van der Waals surface area (Å²) in [7, 11) is -2.47. The number of nitrogens with two attached hydrogens (primary N) is 1. The molecule has 0 aliphatic heterocycles. The van der Waals surface area contributed by atoms with Crippen molar-refractivity contribution in [2.24, 2.45) is 5.73 Å². The number of nitrogens with zero attached hydrogens (tertiary/aromatic N) is 2. The van der Waals surface area contributed by atoms with Crippen molar-refractivity contribution in [1.29, 1.82) is 5.26 Å². The first-order chi connectivity index (χ1) is 16.8. The number of hydrogen-bond acceptors (Lipinski definition) is 6. The van der Waals surface area contributed by atoms with Crippen molar-refractivity contribution in [2.45, 2.75) is 61.3 Å². The Kier molecular flexibility index (Phi) is 7.72. The summed E-state index contributed by atoms with van der Waals surface area (Å²) in [4.78, 5) is 13.1. The molecule has 0 aromatic heterocycles. The van der Waals surface area contributed by atoms with Gasteiger partial charge in [0.15, 0.2) is 9.84 Å². The fraction of sp³-hybridized carbons (Fsp3) is 0.440. The number of benzene rings is 2. The second kappa shape index (κ2) is 10.1. The first kappa shape index (κ1) is 27.5. The minimum absolute atomic E-state index is 0.0499. The van der Waals surface area contributed by atoms with Gasteiger partial charge in [0.1, 0.15) is 22.2 Å². The highest BCUT2D eigenvalue weighted by molar-refractivity contribution is 7.90. The molecule has 0 spiro atoms. The van der Waals surface area contributed by atoms with Gasteiger partial charge >= 0.3 is 6.18 Å². The fourth-order valence-corrected chi connectivity index (χ4v) is 5.44. The van der Waals surface area contributed by atoms with Crippen LogP contribution in [-0.4, -0.2) is 50.3 Å². The number of nitriles is 1. The molecule has 1 saturated carbocycles. The van der Waals surface area contributed by atoms with Crippen LogP contribution in [0.15, 0.2) is 47.4 Å². The van der Waals surface area contributed by atoms with Gasteiger partial charge in [-0.25, -0.2) is 8.42 Å². The van der Waals surface area contributed by atoms with Gasteiger partial charge in [-0.2, -0.15) is 18.4 Å². The normalized spacial score (nSPS) is 16.7. The number of alkyl halides is 3. The fourth-order valence-electron chi connectivity index (χ4n) is 4.58. The molecule has 11 heteroatoms. The molecule has 36 heavy (non-hydrogen) atoms. The number of carbonyl (C=O) groups is 1. The number of rotatable bonds is 10. The Morgan fingerprint density at radius 1 is 1.25 bits per heavy atom. The second-order valence-electron chi connectivity index (χ2n) is 8.93. The first-order valence-corrected chi connectivity index (χ1v) is 13.2. The minimum Gasteiger partial charge on any atom is -0.495 e. The van der Waals surface area contributed by atoms with E-state index in [-0.39, 0.29) is 46.6 Å². The molecule has 2 aromatic carbocycles. The lowest BCUT2D eigenvalue weighted by Crippen LogP contribution is -2.55. The number of hydrogen-bond donors (Lipinski definition) is 1. The summed E-state index contributed by atoms with van der Waals surface area (Å²) in [6.45, 7) is 1.72. The molecule has 0 saturated heterocycles. The van der Waals surface area contributed by atoms with E-state index in [0.717, 1.165) is 11.2 Å². The lowest BCUT2D eigenvalue weighted by molar-refractivity contribution is -0.199. The van der Waals surface area contributed by atoms with Crippen LogP contribution < -0.4 is 10.5 Å². The highest BCUT2D eigenvalue weighted by atomic mass is 32.2. The van der Waals surface area contributed by atoms with Crippen molar-refractivity contribution in [2.75, 3.05) is 13.4 Å². The van der Waals surface area contributed by atoms with Crippen molar-refractivity contribution in [3.8, 4) is 22.9 Å². The van der Waals surface area contributed by atoms with Crippen LogP contribution in [0.3, 0.4) is 0 Å². The Bertz CT molecular complexity index is 1280. The Morgan fingerprint density at radius 3 is 2.36 bits per heavy atom. The first-order valence-electron chi connectivity index (χ1n) is 11.3. The molecule has 0 radical (unpaired) electrons. The molecule has 194 valence electrons. The molecule has 1 fully saturated rings. The van der Waals surface area contributed by atoms with Crippen LogP contribution in [0.5, 0.6) is 5.75 Å². The maximum Gasteiger partial charge on any atom is 0.408 e. The molecule has 0 bridgehead atoms. The highest BCUT2D eigenvalue weighted by Crippen LogP contribution is 2.53. The summed E-state index contributed by atoms with van der Waals surface area (Å²) in [6.07, 6.45) is -3.12. The third-order valence-electron chi connectivity index (χ3n) is 6.37. The second-order valence-corrected chi connectivity index (χ2v) is 10.9. The van der Waals surface area contributed by atoms with Crippen molar-refractivity contribution >= 4 is 15.7 Å². The van der Waals surface area contributed by atoms with Crippen LogP contribution in [0.4, 0.5) is 13.2 Å². The van der Waals surface area contributed by atoms with Gasteiger partial charge in [-0.1, -0.05) is 43.7 Å². The molecule has 2 N–H and O–H groups in total. The predicted molar refractivity (Wildman–Crippen MR) is 128 cm³/mol. The van der Waals surface area contributed by atoms with Gasteiger partial charge in [-0.3, -0.25) is 9.69 Å². The summed E-state index contributed by atoms with van der Waals surface area (Å²) >= 11 is 0. The lowest BCUT2D eigenvalue weighted by Gasteiger charge is -2.41. The van der Waals surface area contributed by atoms with Crippen molar-refractivity contribution in [3.63, 3.8) is 0 Å². The van der Waals surface area contributed by atoms with E-state index in [9.17, 15) is 31.6 Å². The summed E-state index contributed by atoms with van der Waals surface area (Å²) < 4.78 is 74.4. The molecule has 2 atom stereocenters. The molecule has 0 unspecified atom stereocenters. The number of sulfone groups is 1. The van der Waals surface area contributed by atoms with E-state index >= 15 is 0 Å². The molecule has 2 aromatic rings. The van der Waals surface area contributed by atoms with Crippen molar-refractivity contribution in [3.05, 3.63) is 48.0 Å². The minimum atomic E-state index is -4.88. The van der Waals surface area contributed by atoms with Crippen molar-refractivity contribution < 1.29 is 31.1 Å². The van der Waals surface area contributed by atoms with Gasteiger partial charge < -0.3 is 10.5 Å². The molecule has 1 aliphatic carbocycles. The monoisotopic (exact) mass is 523 g/mol. The molecule has 7 nitrogen and oxygen atoms in total. The molecule has 1 amide bonds. The van der Waals surface area contributed by atoms with E-state index in [1.165, 1.54) is 49.6 Å². The van der Waals surface area contributed by atoms with Gasteiger partial charge in [-0.15, -0.1) is 0 Å². The van der Waals surface area contributed by atoms with Gasteiger partial charge in [-0.05, 0) is 48.1 Å². The Hall–Kier alpha value is -3.10. The molecule has 0 heterocycles. The van der Waals surface area contributed by atoms with Crippen molar-refractivity contribution in [1.82, 2.24) is 4.90 Å². The topological polar surface area (TPSA) is 113 Å². The smallest absolute Gasteiger partial charge is 0.408 e. The zero-order valence-corrected chi connectivity index (χ0v) is 21.0. The number of halogens is 3. The third-order valence-corrected chi connectivity index (χ3v) is 7.49. The average molecular weight is 524 g/mol. The molecule has 1 aliphatic rings. The van der Waals surface area contributed by atoms with E-state index in [2.05, 4.69) is 0 Å². The van der Waals surface area contributed by atoms with Crippen LogP contribution in [0.2, 0.25) is 0 Å². The quantitative estimate of drug-likeness (QED) is 0.494. The largest absolute Gasteiger partial charge is 0.495 e. The maximum atomic E-state index is 14.9. The predicted octanol–water partition coefficient (Wildman–Crippen LogP) is 4.38. The number of amides is 1. The molecular formula is C25H28F3N3O4S. The van der Waals surface area contributed by atoms with E-state index in [0.29, 0.717) is 6.42 Å². The van der Waals surface area contributed by atoms with Crippen LogP contribution in [0.1, 0.15) is 44.2 Å². The average Bonchev–Trinajstić information content (AvgIpc) is 3.60. The van der Waals surface area contributed by atoms with Gasteiger partial charge in [0.05, 0.1) is 19.2 Å². The van der Waals surface area contributed by atoms with Crippen LogP contribution in [0.25, 0.3) is 11.1 Å². The number of carbonyl (C=O) groups excluding carboxylic acids is 1. The van der Waals surface area contributed by atoms with Gasteiger partial charge in [0, 0.05) is 6.26 Å². The van der Waals surface area contributed by atoms with Crippen LogP contribution in [0, 0.1) is 11.3 Å². The summed E-state index contributed by atoms with van der Waals surface area (Å²) in [5.74, 6) is -0.875. The number of ether oxygens (including phenoxy) is 1. The van der Waals surface area contributed by atoms with E-state index in [1.54, 1.807) is 6.92 Å².